The maximum Gasteiger partial charge on any atom is 0.197 e. The first-order valence-corrected chi connectivity index (χ1v) is 9.85. The Bertz CT molecular complexity index is 261. The van der Waals surface area contributed by atoms with Gasteiger partial charge >= 0.3 is 0 Å². The van der Waals surface area contributed by atoms with Gasteiger partial charge in [0.15, 0.2) is 5.75 Å². The quantitative estimate of drug-likeness (QED) is 0.222. The molecule has 0 aromatic carbocycles. The highest BCUT2D eigenvalue weighted by Gasteiger charge is 2.15. The fraction of sp³-hybridized carbons (Fsp3) is 0.867. The first kappa shape index (κ1) is 19.1. The van der Waals surface area contributed by atoms with Crippen molar-refractivity contribution in [3.8, 4) is 6.07 Å². The lowest BCUT2D eigenvalue weighted by atomic mass is 10.1. The van der Waals surface area contributed by atoms with E-state index in [0.717, 1.165) is 5.75 Å². The molecule has 4 heteroatoms. The Balaban J connectivity index is 3.30. The maximum absolute atomic E-state index is 8.70. The first-order valence-electron chi connectivity index (χ1n) is 7.47. The Hall–Kier alpha value is 0.150. The monoisotopic (exact) mass is 317 g/mol. The molecule has 1 atom stereocenters. The predicted octanol–water partition coefficient (Wildman–Crippen LogP) is 4.88. The van der Waals surface area contributed by atoms with E-state index >= 15 is 0 Å². The van der Waals surface area contributed by atoms with Crippen molar-refractivity contribution in [2.45, 2.75) is 71.1 Å². The van der Waals surface area contributed by atoms with Gasteiger partial charge < -0.3 is 24.8 Å². The molecule has 0 aliphatic rings. The van der Waals surface area contributed by atoms with E-state index in [0.29, 0.717) is 9.28 Å². The third-order valence-corrected chi connectivity index (χ3v) is 6.36. The molecule has 19 heavy (non-hydrogen) atoms. The van der Waals surface area contributed by atoms with E-state index in [2.05, 4.69) is 13.0 Å². The number of nitrogens with zero attached hydrogens (tertiary/aromatic N) is 1. The van der Waals surface area contributed by atoms with E-state index in [1.54, 1.807) is 0 Å². The van der Waals surface area contributed by atoms with E-state index in [4.69, 9.17) is 30.1 Å². The lowest BCUT2D eigenvalue weighted by Gasteiger charge is -2.07. The van der Waals surface area contributed by atoms with Crippen LogP contribution in [0.15, 0.2) is 0 Å². The number of hydrogen-bond acceptors (Lipinski definition) is 3. The molecule has 0 aliphatic carbocycles. The summed E-state index contributed by atoms with van der Waals surface area (Å²) in [5.41, 5.74) is 0. The molecule has 0 amide bonds. The van der Waals surface area contributed by atoms with Crippen molar-refractivity contribution in [2.75, 3.05) is 11.5 Å². The Labute approximate surface area is 133 Å². The van der Waals surface area contributed by atoms with Gasteiger partial charge in [0.1, 0.15) is 11.8 Å². The van der Waals surface area contributed by atoms with Crippen molar-refractivity contribution in [3.63, 3.8) is 0 Å². The van der Waals surface area contributed by atoms with Crippen LogP contribution >= 0.6 is 12.2 Å². The van der Waals surface area contributed by atoms with E-state index in [-0.39, 0.29) is 10.9 Å². The third kappa shape index (κ3) is 12.9. The van der Waals surface area contributed by atoms with Gasteiger partial charge in [-0.2, -0.15) is 5.26 Å². The van der Waals surface area contributed by atoms with Crippen LogP contribution in [0.1, 0.15) is 71.1 Å². The van der Waals surface area contributed by atoms with Gasteiger partial charge in [-0.05, 0) is 12.8 Å². The van der Waals surface area contributed by atoms with Crippen LogP contribution in [-0.4, -0.2) is 15.0 Å². The second kappa shape index (κ2) is 14.6. The normalized spacial score (nSPS) is 12.0. The molecule has 0 fully saturated rings. The average molecular weight is 318 g/mol. The topological polar surface area (TPSA) is 23.8 Å². The van der Waals surface area contributed by atoms with Gasteiger partial charge in [0, 0.05) is 10.9 Å². The fourth-order valence-electron chi connectivity index (χ4n) is 2.06. The highest BCUT2D eigenvalue weighted by atomic mass is 32.3. The van der Waals surface area contributed by atoms with Crippen LogP contribution in [0.2, 0.25) is 0 Å². The number of hydrogen-bond donors (Lipinski definition) is 0. The molecule has 0 aromatic heterocycles. The lowest BCUT2D eigenvalue weighted by molar-refractivity contribution is 0.563. The standard InChI is InChI=1S/C15H27NS3/c1-2-3-4-5-6-7-8-9-10-11-13-19(14-12-16)15(17)18/h2-11,13-14H2,1H3. The first-order chi connectivity index (χ1) is 9.22. The van der Waals surface area contributed by atoms with E-state index in [1.807, 2.05) is 0 Å². The van der Waals surface area contributed by atoms with Gasteiger partial charge in [0.2, 0.25) is 0 Å². The molecule has 0 spiro atoms. The molecule has 110 valence electrons. The Morgan fingerprint density at radius 1 is 1.00 bits per heavy atom. The van der Waals surface area contributed by atoms with Gasteiger partial charge in [-0.15, -0.1) is 0 Å². The summed E-state index contributed by atoms with van der Waals surface area (Å²) < 4.78 is 0.623. The second-order valence-corrected chi connectivity index (χ2v) is 8.61. The van der Waals surface area contributed by atoms with Crippen LogP contribution < -0.4 is 0 Å². The summed E-state index contributed by atoms with van der Waals surface area (Å²) in [6.45, 7) is 2.26. The average Bonchev–Trinajstić information content (AvgIpc) is 2.39. The molecule has 0 aromatic rings. The molecule has 0 rings (SSSR count). The van der Waals surface area contributed by atoms with Crippen molar-refractivity contribution in [2.24, 2.45) is 0 Å². The van der Waals surface area contributed by atoms with E-state index < -0.39 is 0 Å². The summed E-state index contributed by atoms with van der Waals surface area (Å²) in [6, 6.07) is 2.19. The molecule has 0 aliphatic heterocycles. The molecular weight excluding hydrogens is 290 g/mol. The highest BCUT2D eigenvalue weighted by molar-refractivity contribution is 8.35. The molecule has 0 radical (unpaired) electrons. The van der Waals surface area contributed by atoms with Gasteiger partial charge in [-0.1, -0.05) is 58.3 Å². The minimum absolute atomic E-state index is 0.104. The number of nitriles is 1. The van der Waals surface area contributed by atoms with Crippen LogP contribution in [0.5, 0.6) is 0 Å². The minimum Gasteiger partial charge on any atom is -0.377 e. The highest BCUT2D eigenvalue weighted by Crippen LogP contribution is 2.12. The summed E-state index contributed by atoms with van der Waals surface area (Å²) in [6.07, 6.45) is 13.4. The van der Waals surface area contributed by atoms with Crippen molar-refractivity contribution in [1.82, 2.24) is 0 Å². The lowest BCUT2D eigenvalue weighted by Crippen LogP contribution is -2.18. The molecule has 0 heterocycles. The Kier molecular flexibility index (Phi) is 14.7. The van der Waals surface area contributed by atoms with Crippen molar-refractivity contribution < 1.29 is 0 Å². The Morgan fingerprint density at radius 3 is 1.89 bits per heavy atom. The van der Waals surface area contributed by atoms with Gasteiger partial charge in [0.25, 0.3) is 0 Å². The summed E-state index contributed by atoms with van der Waals surface area (Å²) in [7, 11) is -0.104. The van der Waals surface area contributed by atoms with Crippen LogP contribution in [0.25, 0.3) is 0 Å². The molecule has 0 bridgehead atoms. The second-order valence-electron chi connectivity index (χ2n) is 4.93. The fourth-order valence-corrected chi connectivity index (χ4v) is 4.05. The molecule has 0 N–H and O–H groups in total. The zero-order valence-electron chi connectivity index (χ0n) is 12.2. The molecule has 0 saturated heterocycles. The zero-order chi connectivity index (χ0) is 14.3. The van der Waals surface area contributed by atoms with Crippen molar-refractivity contribution >= 4 is 39.3 Å². The third-order valence-electron chi connectivity index (χ3n) is 3.22. The summed E-state index contributed by atoms with van der Waals surface area (Å²) in [4.78, 5) is 0. The van der Waals surface area contributed by atoms with Gasteiger partial charge in [-0.3, -0.25) is 0 Å². The van der Waals surface area contributed by atoms with Crippen molar-refractivity contribution in [3.05, 3.63) is 0 Å². The van der Waals surface area contributed by atoms with E-state index in [1.165, 1.54) is 64.2 Å². The zero-order valence-corrected chi connectivity index (χ0v) is 14.6. The van der Waals surface area contributed by atoms with Gasteiger partial charge in [-0.25, -0.2) is 0 Å². The predicted molar refractivity (Wildman–Crippen MR) is 94.5 cm³/mol. The molecule has 1 unspecified atom stereocenters. The summed E-state index contributed by atoms with van der Waals surface area (Å²) >= 11 is 10.1. The number of unbranched alkanes of at least 4 members (excludes halogenated alkanes) is 9. The van der Waals surface area contributed by atoms with Gasteiger partial charge in [0.05, 0.1) is 3.53 Å². The smallest absolute Gasteiger partial charge is 0.197 e. The largest absolute Gasteiger partial charge is 0.377 e. The van der Waals surface area contributed by atoms with Crippen LogP contribution in [0.3, 0.4) is 0 Å². The van der Waals surface area contributed by atoms with Crippen LogP contribution in [-0.2, 0) is 23.5 Å². The SMILES string of the molecule is CCCCCCCCCCCC[S+](CC#N)C(=S)[S-]. The molecule has 0 saturated carbocycles. The van der Waals surface area contributed by atoms with Crippen molar-refractivity contribution in [1.29, 1.82) is 5.26 Å². The Morgan fingerprint density at radius 2 is 1.47 bits per heavy atom. The minimum atomic E-state index is -0.104. The molecule has 1 nitrogen and oxygen atoms in total. The number of rotatable bonds is 12. The summed E-state index contributed by atoms with van der Waals surface area (Å²) in [5, 5.41) is 8.70. The maximum atomic E-state index is 8.70. The molecular formula is C15H27NS3. The number of thiocarbonyl (C=S) groups is 1. The summed E-state index contributed by atoms with van der Waals surface area (Å²) in [5.74, 6) is 1.56. The van der Waals surface area contributed by atoms with Crippen LogP contribution in [0.4, 0.5) is 0 Å². The van der Waals surface area contributed by atoms with E-state index in [9.17, 15) is 0 Å². The van der Waals surface area contributed by atoms with Crippen LogP contribution in [0, 0.1) is 11.3 Å².